The number of aliphatic carboxylic acids is 1. The molecule has 1 rings (SSSR count). The zero-order chi connectivity index (χ0) is 13.0. The normalized spacial score (nSPS) is 9.82. The van der Waals surface area contributed by atoms with Gasteiger partial charge in [-0.2, -0.15) is 0 Å². The number of halogens is 1. The van der Waals surface area contributed by atoms with Crippen molar-refractivity contribution in [2.75, 3.05) is 7.11 Å². The molecule has 0 bridgehead atoms. The van der Waals surface area contributed by atoms with Gasteiger partial charge in [0, 0.05) is 17.1 Å². The molecule has 6 heteroatoms. The highest BCUT2D eigenvalue weighted by molar-refractivity contribution is 6.32. The summed E-state index contributed by atoms with van der Waals surface area (Å²) in [6.07, 6.45) is 0. The van der Waals surface area contributed by atoms with Crippen LogP contribution >= 0.6 is 11.6 Å². The number of nitrogens with one attached hydrogen (secondary N) is 1. The Bertz CT molecular complexity index is 459. The van der Waals surface area contributed by atoms with Crippen LogP contribution in [-0.2, 0) is 16.1 Å². The zero-order valence-electron chi connectivity index (χ0n) is 9.41. The van der Waals surface area contributed by atoms with Crippen LogP contribution in [0, 0.1) is 6.92 Å². The number of hydrogen-bond acceptors (Lipinski definition) is 3. The molecule has 0 atom stereocenters. The molecule has 0 spiro atoms. The van der Waals surface area contributed by atoms with Crippen LogP contribution in [0.1, 0.15) is 11.1 Å². The maximum absolute atomic E-state index is 10.9. The van der Waals surface area contributed by atoms with E-state index in [9.17, 15) is 9.59 Å². The summed E-state index contributed by atoms with van der Waals surface area (Å²) in [5.41, 5.74) is 1.47. The van der Waals surface area contributed by atoms with Crippen LogP contribution in [0.25, 0.3) is 0 Å². The van der Waals surface area contributed by atoms with E-state index in [1.165, 1.54) is 7.11 Å². The van der Waals surface area contributed by atoms with Crippen LogP contribution in [0.2, 0.25) is 5.02 Å². The van der Waals surface area contributed by atoms with E-state index in [2.05, 4.69) is 5.32 Å². The molecule has 0 unspecified atom stereocenters. The van der Waals surface area contributed by atoms with Crippen LogP contribution in [0.5, 0.6) is 5.75 Å². The second-order valence-electron chi connectivity index (χ2n) is 3.40. The highest BCUT2D eigenvalue weighted by atomic mass is 35.5. The molecule has 17 heavy (non-hydrogen) atoms. The zero-order valence-corrected chi connectivity index (χ0v) is 10.2. The van der Waals surface area contributed by atoms with E-state index in [4.69, 9.17) is 21.4 Å². The molecule has 0 aromatic heterocycles. The highest BCUT2D eigenvalue weighted by Crippen LogP contribution is 2.26. The number of benzene rings is 1. The van der Waals surface area contributed by atoms with E-state index in [0.717, 1.165) is 5.56 Å². The molecule has 0 saturated heterocycles. The molecule has 2 N–H and O–H groups in total. The first-order valence-corrected chi connectivity index (χ1v) is 5.17. The van der Waals surface area contributed by atoms with Crippen molar-refractivity contribution in [2.45, 2.75) is 13.5 Å². The van der Waals surface area contributed by atoms with Crippen LogP contribution in [-0.4, -0.2) is 24.1 Å². The average molecular weight is 258 g/mol. The van der Waals surface area contributed by atoms with Crippen molar-refractivity contribution in [1.82, 2.24) is 5.32 Å². The number of ether oxygens (including phenoxy) is 1. The largest absolute Gasteiger partial charge is 0.496 e. The first kappa shape index (κ1) is 13.3. The van der Waals surface area contributed by atoms with Crippen LogP contribution in [0.3, 0.4) is 0 Å². The first-order chi connectivity index (χ1) is 7.95. The fraction of sp³-hybridized carbons (Fsp3) is 0.273. The second-order valence-corrected chi connectivity index (χ2v) is 3.81. The number of hydrogen-bond donors (Lipinski definition) is 2. The Morgan fingerprint density at radius 3 is 2.65 bits per heavy atom. The molecule has 1 aromatic rings. The number of methoxy groups -OCH3 is 1. The molecule has 5 nitrogen and oxygen atoms in total. The Hall–Kier alpha value is -1.75. The number of carbonyl (C=O) groups is 2. The van der Waals surface area contributed by atoms with Gasteiger partial charge in [-0.1, -0.05) is 11.6 Å². The summed E-state index contributed by atoms with van der Waals surface area (Å²) >= 11 is 5.94. The monoisotopic (exact) mass is 257 g/mol. The van der Waals surface area contributed by atoms with Gasteiger partial charge in [0.25, 0.3) is 0 Å². The molecule has 92 valence electrons. The molecule has 0 aliphatic heterocycles. The minimum atomic E-state index is -1.53. The highest BCUT2D eigenvalue weighted by Gasteiger charge is 2.12. The van der Waals surface area contributed by atoms with E-state index in [-0.39, 0.29) is 6.54 Å². The van der Waals surface area contributed by atoms with Crippen molar-refractivity contribution < 1.29 is 19.4 Å². The lowest BCUT2D eigenvalue weighted by atomic mass is 10.1. The van der Waals surface area contributed by atoms with Crippen LogP contribution in [0.4, 0.5) is 0 Å². The molecular weight excluding hydrogens is 246 g/mol. The Morgan fingerprint density at radius 2 is 2.12 bits per heavy atom. The SMILES string of the molecule is COc1cc(C)c(Cl)cc1CNC(=O)C(=O)O. The lowest BCUT2D eigenvalue weighted by Crippen LogP contribution is -2.30. The maximum atomic E-state index is 10.9. The lowest BCUT2D eigenvalue weighted by molar-refractivity contribution is -0.150. The number of aryl methyl sites for hydroxylation is 1. The predicted molar refractivity (Wildman–Crippen MR) is 62.2 cm³/mol. The number of amides is 1. The standard InChI is InChI=1S/C11H12ClNO4/c1-6-3-9(17-2)7(4-8(6)12)5-13-10(14)11(15)16/h3-4H,5H2,1-2H3,(H,13,14)(H,15,16). The number of carbonyl (C=O) groups excluding carboxylic acids is 1. The third-order valence-corrected chi connectivity index (χ3v) is 2.60. The van der Waals surface area contributed by atoms with E-state index in [1.54, 1.807) is 12.1 Å². The molecule has 0 radical (unpaired) electrons. The van der Waals surface area contributed by atoms with Crippen molar-refractivity contribution in [2.24, 2.45) is 0 Å². The number of carboxylic acid groups (broad SMARTS) is 1. The third-order valence-electron chi connectivity index (χ3n) is 2.20. The molecule has 1 aromatic carbocycles. The smallest absolute Gasteiger partial charge is 0.394 e. The number of rotatable bonds is 3. The summed E-state index contributed by atoms with van der Waals surface area (Å²) in [5.74, 6) is -2.04. The first-order valence-electron chi connectivity index (χ1n) is 4.80. The van der Waals surface area contributed by atoms with Crippen molar-refractivity contribution in [3.8, 4) is 5.75 Å². The van der Waals surface area contributed by atoms with Gasteiger partial charge >= 0.3 is 11.9 Å². The van der Waals surface area contributed by atoms with Crippen LogP contribution < -0.4 is 10.1 Å². The second kappa shape index (κ2) is 5.54. The quantitative estimate of drug-likeness (QED) is 0.802. The van der Waals surface area contributed by atoms with Gasteiger partial charge in [0.1, 0.15) is 5.75 Å². The van der Waals surface area contributed by atoms with Gasteiger partial charge in [-0.3, -0.25) is 4.79 Å². The molecule has 0 aliphatic rings. The topological polar surface area (TPSA) is 75.6 Å². The van der Waals surface area contributed by atoms with E-state index >= 15 is 0 Å². The van der Waals surface area contributed by atoms with Crippen molar-refractivity contribution in [3.05, 3.63) is 28.3 Å². The third kappa shape index (κ3) is 3.35. The van der Waals surface area contributed by atoms with Gasteiger partial charge in [0.15, 0.2) is 0 Å². The summed E-state index contributed by atoms with van der Waals surface area (Å²) in [4.78, 5) is 21.2. The van der Waals surface area contributed by atoms with Gasteiger partial charge in [0.2, 0.25) is 0 Å². The van der Waals surface area contributed by atoms with Gasteiger partial charge in [-0.15, -0.1) is 0 Å². The summed E-state index contributed by atoms with van der Waals surface area (Å²) in [6.45, 7) is 1.87. The molecule has 1 amide bonds. The summed E-state index contributed by atoms with van der Waals surface area (Å²) in [7, 11) is 1.49. The predicted octanol–water partition coefficient (Wildman–Crippen LogP) is 1.36. The Labute approximate surface area is 103 Å². The molecule has 0 heterocycles. The summed E-state index contributed by atoms with van der Waals surface area (Å²) in [6, 6.07) is 3.36. The fourth-order valence-electron chi connectivity index (χ4n) is 1.28. The maximum Gasteiger partial charge on any atom is 0.394 e. The van der Waals surface area contributed by atoms with Crippen molar-refractivity contribution in [1.29, 1.82) is 0 Å². The lowest BCUT2D eigenvalue weighted by Gasteiger charge is -2.11. The van der Waals surface area contributed by atoms with Gasteiger partial charge in [0.05, 0.1) is 7.11 Å². The molecule has 0 fully saturated rings. The Morgan fingerprint density at radius 1 is 1.47 bits per heavy atom. The Balaban J connectivity index is 2.87. The van der Waals surface area contributed by atoms with E-state index < -0.39 is 11.9 Å². The minimum Gasteiger partial charge on any atom is -0.496 e. The minimum absolute atomic E-state index is 0.0499. The summed E-state index contributed by atoms with van der Waals surface area (Å²) < 4.78 is 5.12. The van der Waals surface area contributed by atoms with E-state index in [0.29, 0.717) is 16.3 Å². The van der Waals surface area contributed by atoms with Gasteiger partial charge in [-0.25, -0.2) is 4.79 Å². The van der Waals surface area contributed by atoms with Crippen molar-refractivity contribution >= 4 is 23.5 Å². The van der Waals surface area contributed by atoms with E-state index in [1.807, 2.05) is 6.92 Å². The van der Waals surface area contributed by atoms with Crippen LogP contribution in [0.15, 0.2) is 12.1 Å². The van der Waals surface area contributed by atoms with Gasteiger partial charge < -0.3 is 15.2 Å². The van der Waals surface area contributed by atoms with Gasteiger partial charge in [-0.05, 0) is 24.6 Å². The Kier molecular flexibility index (Phi) is 4.34. The summed E-state index contributed by atoms with van der Waals surface area (Å²) in [5, 5.41) is 11.2. The fourth-order valence-corrected chi connectivity index (χ4v) is 1.46. The molecule has 0 saturated carbocycles. The number of carboxylic acids is 1. The molecular formula is C11H12ClNO4. The average Bonchev–Trinajstić information content (AvgIpc) is 2.29. The van der Waals surface area contributed by atoms with Crippen molar-refractivity contribution in [3.63, 3.8) is 0 Å². The molecule has 0 aliphatic carbocycles.